The fourth-order valence-electron chi connectivity index (χ4n) is 2.13. The van der Waals surface area contributed by atoms with Crippen molar-refractivity contribution in [1.82, 2.24) is 15.5 Å². The number of carbonyl (C=O) groups is 1. The van der Waals surface area contributed by atoms with E-state index in [-0.39, 0.29) is 23.3 Å². The van der Waals surface area contributed by atoms with Gasteiger partial charge in [0.1, 0.15) is 5.82 Å². The third-order valence-electron chi connectivity index (χ3n) is 3.52. The second-order valence-corrected chi connectivity index (χ2v) is 6.83. The standard InChI is InChI=1S/C19H12ClFN4OS/c20-16(9-12-1-3-13(10-22)4-2-12)18-24-25-19(27-18)17(26)23-11-14-5-7-15(21)8-6-14/h1-9H,11H2,(H,23,26). The maximum absolute atomic E-state index is 12.9. The highest BCUT2D eigenvalue weighted by molar-refractivity contribution is 7.15. The molecule has 5 nitrogen and oxygen atoms in total. The van der Waals surface area contributed by atoms with Gasteiger partial charge in [0.25, 0.3) is 5.91 Å². The zero-order valence-electron chi connectivity index (χ0n) is 13.8. The fourth-order valence-corrected chi connectivity index (χ4v) is 3.08. The first-order valence-corrected chi connectivity index (χ1v) is 8.98. The van der Waals surface area contributed by atoms with Crippen LogP contribution in [0.2, 0.25) is 0 Å². The molecule has 0 bridgehead atoms. The summed E-state index contributed by atoms with van der Waals surface area (Å²) in [5.74, 6) is -0.714. The molecule has 3 aromatic rings. The highest BCUT2D eigenvalue weighted by Crippen LogP contribution is 2.25. The Morgan fingerprint density at radius 3 is 2.48 bits per heavy atom. The molecule has 0 aliphatic carbocycles. The Balaban J connectivity index is 1.65. The van der Waals surface area contributed by atoms with E-state index in [9.17, 15) is 9.18 Å². The Bertz CT molecular complexity index is 1020. The Morgan fingerprint density at radius 2 is 1.81 bits per heavy atom. The van der Waals surface area contributed by atoms with Crippen LogP contribution < -0.4 is 5.32 Å². The smallest absolute Gasteiger partial charge is 0.282 e. The number of hydrogen-bond donors (Lipinski definition) is 1. The normalized spacial score (nSPS) is 11.1. The molecule has 0 unspecified atom stereocenters. The van der Waals surface area contributed by atoms with Crippen molar-refractivity contribution in [2.75, 3.05) is 0 Å². The lowest BCUT2D eigenvalue weighted by atomic mass is 10.1. The average molecular weight is 399 g/mol. The Morgan fingerprint density at radius 1 is 1.15 bits per heavy atom. The van der Waals surface area contributed by atoms with Gasteiger partial charge in [-0.15, -0.1) is 10.2 Å². The minimum Gasteiger partial charge on any atom is -0.346 e. The van der Waals surface area contributed by atoms with Gasteiger partial charge in [-0.3, -0.25) is 4.79 Å². The van der Waals surface area contributed by atoms with Crippen LogP contribution in [0, 0.1) is 17.1 Å². The predicted molar refractivity (Wildman–Crippen MR) is 102 cm³/mol. The highest BCUT2D eigenvalue weighted by atomic mass is 35.5. The van der Waals surface area contributed by atoms with Crippen molar-refractivity contribution < 1.29 is 9.18 Å². The summed E-state index contributed by atoms with van der Waals surface area (Å²) in [5, 5.41) is 20.2. The molecular formula is C19H12ClFN4OS. The summed E-state index contributed by atoms with van der Waals surface area (Å²) in [6.45, 7) is 0.253. The molecule has 0 spiro atoms. The fraction of sp³-hybridized carbons (Fsp3) is 0.0526. The lowest BCUT2D eigenvalue weighted by Crippen LogP contribution is -2.22. The molecule has 0 aliphatic heterocycles. The molecule has 0 saturated carbocycles. The molecule has 0 saturated heterocycles. The van der Waals surface area contributed by atoms with Gasteiger partial charge in [-0.2, -0.15) is 5.26 Å². The van der Waals surface area contributed by atoms with Crippen molar-refractivity contribution in [2.24, 2.45) is 0 Å². The number of amides is 1. The van der Waals surface area contributed by atoms with E-state index in [1.807, 2.05) is 6.07 Å². The molecule has 1 amide bonds. The Hall–Kier alpha value is -3.08. The number of rotatable bonds is 5. The van der Waals surface area contributed by atoms with Gasteiger partial charge in [0, 0.05) is 6.54 Å². The molecule has 0 atom stereocenters. The number of benzene rings is 2. The topological polar surface area (TPSA) is 78.7 Å². The molecule has 3 rings (SSSR count). The minimum atomic E-state index is -0.383. The van der Waals surface area contributed by atoms with Gasteiger partial charge in [-0.1, -0.05) is 47.2 Å². The van der Waals surface area contributed by atoms with E-state index >= 15 is 0 Å². The highest BCUT2D eigenvalue weighted by Gasteiger charge is 2.14. The van der Waals surface area contributed by atoms with E-state index in [1.54, 1.807) is 42.5 Å². The number of carbonyl (C=O) groups excluding carboxylic acids is 1. The monoisotopic (exact) mass is 398 g/mol. The van der Waals surface area contributed by atoms with Crippen molar-refractivity contribution in [2.45, 2.75) is 6.54 Å². The summed E-state index contributed by atoms with van der Waals surface area (Å²) in [7, 11) is 0. The molecule has 8 heteroatoms. The number of hydrogen-bond acceptors (Lipinski definition) is 5. The molecule has 0 radical (unpaired) electrons. The van der Waals surface area contributed by atoms with E-state index in [1.165, 1.54) is 12.1 Å². The van der Waals surface area contributed by atoms with Crippen LogP contribution in [0.1, 0.15) is 31.5 Å². The zero-order chi connectivity index (χ0) is 19.2. The first-order valence-electron chi connectivity index (χ1n) is 7.79. The summed E-state index contributed by atoms with van der Waals surface area (Å²) in [5.41, 5.74) is 2.13. The summed E-state index contributed by atoms with van der Waals surface area (Å²) in [4.78, 5) is 12.2. The van der Waals surface area contributed by atoms with E-state index in [0.29, 0.717) is 15.6 Å². The third-order valence-corrected chi connectivity index (χ3v) is 4.88. The van der Waals surface area contributed by atoms with Crippen LogP contribution in [0.15, 0.2) is 48.5 Å². The zero-order valence-corrected chi connectivity index (χ0v) is 15.4. The molecule has 134 valence electrons. The van der Waals surface area contributed by atoms with E-state index in [0.717, 1.165) is 22.5 Å². The van der Waals surface area contributed by atoms with Gasteiger partial charge in [0.15, 0.2) is 5.01 Å². The quantitative estimate of drug-likeness (QED) is 0.698. The van der Waals surface area contributed by atoms with Crippen molar-refractivity contribution in [3.63, 3.8) is 0 Å². The lowest BCUT2D eigenvalue weighted by molar-refractivity contribution is 0.0950. The SMILES string of the molecule is N#Cc1ccc(C=C(Cl)c2nnc(C(=O)NCc3ccc(F)cc3)s2)cc1. The van der Waals surface area contributed by atoms with E-state index in [4.69, 9.17) is 16.9 Å². The largest absolute Gasteiger partial charge is 0.346 e. The second kappa shape index (κ2) is 8.54. The van der Waals surface area contributed by atoms with Crippen LogP contribution in [0.25, 0.3) is 11.1 Å². The van der Waals surface area contributed by atoms with E-state index in [2.05, 4.69) is 15.5 Å². The van der Waals surface area contributed by atoms with Crippen LogP contribution in [-0.2, 0) is 6.54 Å². The van der Waals surface area contributed by atoms with Gasteiger partial charge in [0.05, 0.1) is 16.7 Å². The summed E-state index contributed by atoms with van der Waals surface area (Å²) in [6.07, 6.45) is 1.68. The molecule has 0 aliphatic rings. The molecule has 0 fully saturated rings. The van der Waals surface area contributed by atoms with Gasteiger partial charge in [0.2, 0.25) is 5.01 Å². The molecule has 1 N–H and O–H groups in total. The lowest BCUT2D eigenvalue weighted by Gasteiger charge is -2.02. The van der Waals surface area contributed by atoms with Gasteiger partial charge in [-0.05, 0) is 41.5 Å². The molecule has 1 aromatic heterocycles. The Labute approximate surface area is 163 Å². The third kappa shape index (κ3) is 4.97. The van der Waals surface area contributed by atoms with Crippen molar-refractivity contribution in [3.8, 4) is 6.07 Å². The maximum atomic E-state index is 12.9. The number of aromatic nitrogens is 2. The van der Waals surface area contributed by atoms with Crippen molar-refractivity contribution in [1.29, 1.82) is 5.26 Å². The second-order valence-electron chi connectivity index (χ2n) is 5.45. The summed E-state index contributed by atoms with van der Waals surface area (Å²) in [6, 6.07) is 14.8. The Kier molecular flexibility index (Phi) is 5.91. The van der Waals surface area contributed by atoms with E-state index < -0.39 is 0 Å². The number of nitrogens with one attached hydrogen (secondary N) is 1. The number of halogens is 2. The summed E-state index contributed by atoms with van der Waals surface area (Å²) >= 11 is 7.32. The van der Waals surface area contributed by atoms with Crippen LogP contribution in [0.4, 0.5) is 4.39 Å². The molecule has 2 aromatic carbocycles. The molecule has 27 heavy (non-hydrogen) atoms. The van der Waals surface area contributed by atoms with Gasteiger partial charge in [-0.25, -0.2) is 4.39 Å². The maximum Gasteiger partial charge on any atom is 0.282 e. The van der Waals surface area contributed by atoms with Crippen LogP contribution in [-0.4, -0.2) is 16.1 Å². The summed E-state index contributed by atoms with van der Waals surface area (Å²) < 4.78 is 12.9. The van der Waals surface area contributed by atoms with Crippen LogP contribution in [0.3, 0.4) is 0 Å². The number of nitrogens with zero attached hydrogens (tertiary/aromatic N) is 3. The predicted octanol–water partition coefficient (Wildman–Crippen LogP) is 4.22. The van der Waals surface area contributed by atoms with Gasteiger partial charge < -0.3 is 5.32 Å². The molecular weight excluding hydrogens is 387 g/mol. The van der Waals surface area contributed by atoms with Gasteiger partial charge >= 0.3 is 0 Å². The molecule has 1 heterocycles. The minimum absolute atomic E-state index is 0.179. The van der Waals surface area contributed by atoms with Crippen LogP contribution in [0.5, 0.6) is 0 Å². The first kappa shape index (κ1) is 18.7. The number of nitriles is 1. The first-order chi connectivity index (χ1) is 13.0. The van der Waals surface area contributed by atoms with Crippen molar-refractivity contribution >= 4 is 40.0 Å². The van der Waals surface area contributed by atoms with Crippen molar-refractivity contribution in [3.05, 3.63) is 81.1 Å². The average Bonchev–Trinajstić information content (AvgIpc) is 3.18. The van der Waals surface area contributed by atoms with Crippen LogP contribution >= 0.6 is 22.9 Å².